The van der Waals surface area contributed by atoms with Crippen LogP contribution < -0.4 is 14.4 Å². The SMILES string of the molecule is C=S1(=O)NC(=O)c2ccc3c(c2)N(C[C@@H]2CC[C@H]2[C@@](CC(=O)c2ccccc2)(OC)/C=C/C[C@H](C)[C@H]1C)C[C@@]1(CCCc2cc(Cl)ccc21)CO3. The van der Waals surface area contributed by atoms with E-state index in [1.807, 2.05) is 62.4 Å². The molecule has 0 aromatic heterocycles. The van der Waals surface area contributed by atoms with E-state index in [4.69, 9.17) is 21.1 Å². The zero-order chi connectivity index (χ0) is 36.0. The van der Waals surface area contributed by atoms with Crippen LogP contribution in [0.25, 0.3) is 0 Å². The normalized spacial score (nSPS) is 32.7. The van der Waals surface area contributed by atoms with Gasteiger partial charge in [0.25, 0.3) is 5.91 Å². The number of carbonyl (C=O) groups excluding carboxylic acids is 2. The highest BCUT2D eigenvalue weighted by molar-refractivity contribution is 7.99. The molecule has 1 fully saturated rings. The maximum absolute atomic E-state index is 14.0. The fraction of sp³-hybridized carbons (Fsp3) is 0.452. The Labute approximate surface area is 307 Å². The van der Waals surface area contributed by atoms with E-state index in [-0.39, 0.29) is 35.4 Å². The first kappa shape index (κ1) is 35.8. The Hall–Kier alpha value is -3.59. The molecule has 51 heavy (non-hydrogen) atoms. The number of ether oxygens (including phenoxy) is 2. The van der Waals surface area contributed by atoms with Gasteiger partial charge in [0.05, 0.1) is 27.6 Å². The number of methoxy groups -OCH3 is 1. The summed E-state index contributed by atoms with van der Waals surface area (Å²) in [5, 5.41) is 0.333. The van der Waals surface area contributed by atoms with Gasteiger partial charge in [-0.15, -0.1) is 0 Å². The minimum Gasteiger partial charge on any atom is -0.490 e. The fourth-order valence-electron chi connectivity index (χ4n) is 8.91. The van der Waals surface area contributed by atoms with Crippen molar-refractivity contribution in [3.63, 3.8) is 0 Å². The van der Waals surface area contributed by atoms with Crippen molar-refractivity contribution in [2.24, 2.45) is 17.8 Å². The van der Waals surface area contributed by atoms with Gasteiger partial charge in [-0.1, -0.05) is 67.1 Å². The average Bonchev–Trinajstić information content (AvgIpc) is 3.25. The summed E-state index contributed by atoms with van der Waals surface area (Å²) in [6, 6.07) is 21.2. The molecule has 7 nitrogen and oxygen atoms in total. The number of aryl methyl sites for hydroxylation is 1. The lowest BCUT2D eigenvalue weighted by Crippen LogP contribution is -2.53. The van der Waals surface area contributed by atoms with Crippen molar-refractivity contribution in [2.75, 3.05) is 31.7 Å². The number of amides is 1. The number of benzene rings is 3. The molecule has 0 radical (unpaired) electrons. The third kappa shape index (κ3) is 6.87. The summed E-state index contributed by atoms with van der Waals surface area (Å²) >= 11 is 6.48. The molecule has 3 aromatic carbocycles. The monoisotopic (exact) mass is 728 g/mol. The molecule has 1 saturated carbocycles. The van der Waals surface area contributed by atoms with Crippen molar-refractivity contribution in [3.8, 4) is 5.75 Å². The molecular weight excluding hydrogens is 680 g/mol. The lowest BCUT2D eigenvalue weighted by molar-refractivity contribution is -0.0742. The predicted molar refractivity (Wildman–Crippen MR) is 207 cm³/mol. The van der Waals surface area contributed by atoms with E-state index >= 15 is 0 Å². The Bertz CT molecular complexity index is 1950. The second-order valence-electron chi connectivity index (χ2n) is 15.3. The number of carbonyl (C=O) groups is 2. The van der Waals surface area contributed by atoms with Crippen molar-refractivity contribution in [1.82, 2.24) is 4.72 Å². The number of ketones is 1. The number of anilines is 1. The fourth-order valence-corrected chi connectivity index (χ4v) is 10.6. The summed E-state index contributed by atoms with van der Waals surface area (Å²) in [6.07, 6.45) is 9.88. The number of hydrogen-bond donors (Lipinski definition) is 1. The first-order chi connectivity index (χ1) is 24.4. The smallest absolute Gasteiger partial charge is 0.262 e. The molecule has 270 valence electrons. The van der Waals surface area contributed by atoms with Gasteiger partial charge in [-0.3, -0.25) is 14.3 Å². The third-order valence-electron chi connectivity index (χ3n) is 12.3. The number of nitrogens with one attached hydrogen (secondary N) is 1. The standard InChI is InChI=1S/C42H49ClN2O5S/c1-28-10-8-21-42(49-3,24-38(46)30-11-6-5-7-12-30)36-17-14-33(36)25-45-26-41(20-9-13-31-22-34(43)16-18-35(31)41)27-50-39-19-15-32(23-37(39)45)40(47)44-51(4,48)29(28)2/h5-8,11-12,15-16,18-19,21-23,28-29,33,36H,4,9-10,13-14,17,20,24-27H2,1-3H3,(H,44,47,48)/b21-8+/t28-,29+,33-,36+,41-,42+,51?/m0/s1. The van der Waals surface area contributed by atoms with Gasteiger partial charge in [0.1, 0.15) is 5.75 Å². The van der Waals surface area contributed by atoms with Gasteiger partial charge in [0, 0.05) is 53.4 Å². The van der Waals surface area contributed by atoms with Gasteiger partial charge in [0.2, 0.25) is 0 Å². The number of allylic oxidation sites excluding steroid dienone is 1. The average molecular weight is 729 g/mol. The lowest BCUT2D eigenvalue weighted by Gasteiger charge is -2.50. The van der Waals surface area contributed by atoms with Crippen LogP contribution in [-0.2, 0) is 26.3 Å². The van der Waals surface area contributed by atoms with Gasteiger partial charge < -0.3 is 14.4 Å². The van der Waals surface area contributed by atoms with E-state index in [0.29, 0.717) is 37.2 Å². The Morgan fingerprint density at radius 2 is 1.92 bits per heavy atom. The number of rotatable bonds is 4. The molecule has 7 atom stereocenters. The largest absolute Gasteiger partial charge is 0.490 e. The molecule has 2 aliphatic carbocycles. The Balaban J connectivity index is 1.33. The van der Waals surface area contributed by atoms with Crippen molar-refractivity contribution in [3.05, 3.63) is 106 Å². The van der Waals surface area contributed by atoms with Crippen LogP contribution in [0.15, 0.2) is 78.9 Å². The van der Waals surface area contributed by atoms with Gasteiger partial charge in [0.15, 0.2) is 5.78 Å². The molecule has 2 aliphatic heterocycles. The number of halogens is 1. The van der Waals surface area contributed by atoms with Gasteiger partial charge in [-0.25, -0.2) is 4.21 Å². The van der Waals surface area contributed by atoms with Crippen molar-refractivity contribution in [2.45, 2.75) is 75.1 Å². The van der Waals surface area contributed by atoms with E-state index < -0.39 is 26.5 Å². The second kappa shape index (κ2) is 14.1. The number of fused-ring (bicyclic) bond motifs is 4. The highest BCUT2D eigenvalue weighted by atomic mass is 35.5. The van der Waals surface area contributed by atoms with Crippen LogP contribution in [-0.4, -0.2) is 59.4 Å². The molecule has 3 aromatic rings. The minimum absolute atomic E-state index is 0.0432. The zero-order valence-electron chi connectivity index (χ0n) is 29.9. The molecule has 2 bridgehead atoms. The maximum atomic E-state index is 14.0. The van der Waals surface area contributed by atoms with Crippen LogP contribution in [0.2, 0.25) is 5.02 Å². The second-order valence-corrected chi connectivity index (χ2v) is 18.2. The van der Waals surface area contributed by atoms with Crippen molar-refractivity contribution in [1.29, 1.82) is 0 Å². The van der Waals surface area contributed by atoms with Crippen LogP contribution in [0.4, 0.5) is 5.69 Å². The quantitative estimate of drug-likeness (QED) is 0.168. The summed E-state index contributed by atoms with van der Waals surface area (Å²) in [7, 11) is -1.29. The van der Waals surface area contributed by atoms with Crippen LogP contribution >= 0.6 is 11.6 Å². The van der Waals surface area contributed by atoms with Gasteiger partial charge in [-0.05, 0) is 111 Å². The molecule has 9 heteroatoms. The molecule has 1 unspecified atom stereocenters. The Morgan fingerprint density at radius 3 is 2.67 bits per heavy atom. The predicted octanol–water partition coefficient (Wildman–Crippen LogP) is 7.84. The summed E-state index contributed by atoms with van der Waals surface area (Å²) in [5.74, 6) is 4.61. The number of nitrogens with zero attached hydrogens (tertiary/aromatic N) is 1. The highest BCUT2D eigenvalue weighted by Crippen LogP contribution is 2.50. The van der Waals surface area contributed by atoms with Crippen molar-refractivity contribution >= 4 is 44.6 Å². The van der Waals surface area contributed by atoms with E-state index in [2.05, 4.69) is 39.8 Å². The molecule has 1 spiro atoms. The molecule has 1 N–H and O–H groups in total. The first-order valence-electron chi connectivity index (χ1n) is 18.2. The summed E-state index contributed by atoms with van der Waals surface area (Å²) in [4.78, 5) is 30.0. The summed E-state index contributed by atoms with van der Waals surface area (Å²) < 4.78 is 29.9. The Kier molecular flexibility index (Phi) is 9.89. The Morgan fingerprint density at radius 1 is 1.12 bits per heavy atom. The molecule has 1 amide bonds. The third-order valence-corrected chi connectivity index (χ3v) is 14.7. The summed E-state index contributed by atoms with van der Waals surface area (Å²) in [5.41, 5.74) is 3.35. The molecule has 2 heterocycles. The minimum atomic E-state index is -3.01. The molecule has 7 rings (SSSR count). The molecular formula is C42H49ClN2O5S. The van der Waals surface area contributed by atoms with Gasteiger partial charge >= 0.3 is 0 Å². The first-order valence-corrected chi connectivity index (χ1v) is 20.4. The van der Waals surface area contributed by atoms with Crippen LogP contribution in [0, 0.1) is 17.8 Å². The maximum Gasteiger partial charge on any atom is 0.262 e. The summed E-state index contributed by atoms with van der Waals surface area (Å²) in [6.45, 7) is 5.80. The topological polar surface area (TPSA) is 84.9 Å². The molecule has 0 saturated heterocycles. The van der Waals surface area contributed by atoms with Crippen LogP contribution in [0.3, 0.4) is 0 Å². The van der Waals surface area contributed by atoms with Gasteiger partial charge in [-0.2, -0.15) is 0 Å². The van der Waals surface area contributed by atoms with E-state index in [9.17, 15) is 13.8 Å². The zero-order valence-corrected chi connectivity index (χ0v) is 31.4. The highest BCUT2D eigenvalue weighted by Gasteiger charge is 2.50. The van der Waals surface area contributed by atoms with Crippen molar-refractivity contribution < 1.29 is 23.3 Å². The van der Waals surface area contributed by atoms with E-state index in [1.54, 1.807) is 13.2 Å². The van der Waals surface area contributed by atoms with Crippen LogP contribution in [0.1, 0.15) is 84.2 Å². The number of hydrogen-bond acceptors (Lipinski definition) is 6. The molecule has 4 aliphatic rings. The van der Waals surface area contributed by atoms with E-state index in [1.165, 1.54) is 11.1 Å². The van der Waals surface area contributed by atoms with E-state index in [0.717, 1.165) is 48.6 Å². The lowest BCUT2D eigenvalue weighted by atomic mass is 9.62. The number of Topliss-reactive ketones (excluding diaryl/α,β-unsaturated/α-hetero) is 1. The van der Waals surface area contributed by atoms with Crippen LogP contribution in [0.5, 0.6) is 5.75 Å².